The molecule has 0 bridgehead atoms. The fourth-order valence-corrected chi connectivity index (χ4v) is 4.51. The predicted octanol–water partition coefficient (Wildman–Crippen LogP) is 5.13. The largest absolute Gasteiger partial charge is 0.447 e. The summed E-state index contributed by atoms with van der Waals surface area (Å²) in [6.45, 7) is 3.70. The van der Waals surface area contributed by atoms with Gasteiger partial charge in [-0.25, -0.2) is 8.70 Å². The van der Waals surface area contributed by atoms with Crippen molar-refractivity contribution in [3.63, 3.8) is 0 Å². The minimum absolute atomic E-state index is 0.194. The Morgan fingerprint density at radius 3 is 2.28 bits per heavy atom. The Kier molecular flexibility index (Phi) is 5.04. The second-order valence-electron chi connectivity index (χ2n) is 7.07. The average Bonchev–Trinajstić information content (AvgIpc) is 3.19. The Morgan fingerprint density at radius 1 is 0.793 bits per heavy atom. The van der Waals surface area contributed by atoms with Gasteiger partial charge in [-0.1, -0.05) is 30.3 Å². The van der Waals surface area contributed by atoms with Crippen LogP contribution in [0.2, 0.25) is 0 Å². The van der Waals surface area contributed by atoms with Crippen LogP contribution in [0, 0.1) is 5.82 Å². The highest BCUT2D eigenvalue weighted by molar-refractivity contribution is 7.97. The summed E-state index contributed by atoms with van der Waals surface area (Å²) < 4.78 is 27.4. The van der Waals surface area contributed by atoms with Crippen molar-refractivity contribution < 1.29 is 13.9 Å². The third kappa shape index (κ3) is 4.04. The first-order chi connectivity index (χ1) is 14.2. The Bertz CT molecular complexity index is 976. The van der Waals surface area contributed by atoms with Crippen molar-refractivity contribution in [3.8, 4) is 11.5 Å². The molecule has 5 rings (SSSR count). The summed E-state index contributed by atoms with van der Waals surface area (Å²) in [6, 6.07) is 22.8. The van der Waals surface area contributed by atoms with Gasteiger partial charge in [-0.05, 0) is 54.4 Å². The van der Waals surface area contributed by atoms with Crippen LogP contribution in [0.4, 0.5) is 10.1 Å². The number of hydrogen-bond acceptors (Lipinski definition) is 5. The molecule has 29 heavy (non-hydrogen) atoms. The van der Waals surface area contributed by atoms with E-state index in [1.807, 2.05) is 48.5 Å². The van der Waals surface area contributed by atoms with E-state index in [1.54, 1.807) is 11.9 Å². The van der Waals surface area contributed by atoms with Crippen LogP contribution in [-0.2, 0) is 0 Å². The number of benzene rings is 3. The van der Waals surface area contributed by atoms with Crippen LogP contribution < -0.4 is 14.4 Å². The van der Waals surface area contributed by atoms with Gasteiger partial charge in [-0.2, -0.15) is 0 Å². The number of piperazine rings is 1. The molecule has 148 valence electrons. The summed E-state index contributed by atoms with van der Waals surface area (Å²) in [4.78, 5) is 3.43. The first-order valence-corrected chi connectivity index (χ1v) is 10.5. The van der Waals surface area contributed by atoms with E-state index in [-0.39, 0.29) is 12.1 Å². The van der Waals surface area contributed by atoms with Crippen molar-refractivity contribution >= 4 is 17.6 Å². The van der Waals surface area contributed by atoms with Crippen molar-refractivity contribution in [1.82, 2.24) is 4.31 Å². The number of ether oxygens (including phenoxy) is 2. The van der Waals surface area contributed by atoms with Gasteiger partial charge in [0.25, 0.3) is 6.29 Å². The summed E-state index contributed by atoms with van der Waals surface area (Å²) in [5.41, 5.74) is 2.08. The number of anilines is 1. The van der Waals surface area contributed by atoms with E-state index < -0.39 is 0 Å². The molecule has 4 nitrogen and oxygen atoms in total. The molecule has 0 radical (unpaired) electrons. The molecule has 3 aromatic carbocycles. The van der Waals surface area contributed by atoms with Crippen molar-refractivity contribution in [2.75, 3.05) is 31.1 Å². The lowest BCUT2D eigenvalue weighted by Crippen LogP contribution is -2.43. The Labute approximate surface area is 174 Å². The highest BCUT2D eigenvalue weighted by Crippen LogP contribution is 2.42. The molecule has 2 heterocycles. The van der Waals surface area contributed by atoms with Crippen LogP contribution in [0.25, 0.3) is 0 Å². The quantitative estimate of drug-likeness (QED) is 0.558. The van der Waals surface area contributed by atoms with Crippen LogP contribution >= 0.6 is 11.9 Å². The Morgan fingerprint density at radius 2 is 1.52 bits per heavy atom. The fourth-order valence-electron chi connectivity index (χ4n) is 3.57. The van der Waals surface area contributed by atoms with E-state index in [0.29, 0.717) is 0 Å². The lowest BCUT2D eigenvalue weighted by atomic mass is 10.2. The van der Waals surface area contributed by atoms with Crippen LogP contribution in [-0.4, -0.2) is 30.5 Å². The molecule has 6 heteroatoms. The topological polar surface area (TPSA) is 24.9 Å². The van der Waals surface area contributed by atoms with Crippen molar-refractivity contribution in [2.45, 2.75) is 11.2 Å². The fraction of sp³-hybridized carbons (Fsp3) is 0.217. The van der Waals surface area contributed by atoms with E-state index in [2.05, 4.69) is 21.3 Å². The molecule has 1 saturated heterocycles. The van der Waals surface area contributed by atoms with Gasteiger partial charge in [0.2, 0.25) is 0 Å². The van der Waals surface area contributed by atoms with Crippen LogP contribution in [0.3, 0.4) is 0 Å². The lowest BCUT2D eigenvalue weighted by Gasteiger charge is -2.35. The smallest absolute Gasteiger partial charge is 0.267 e. The summed E-state index contributed by atoms with van der Waals surface area (Å²) >= 11 is 1.74. The van der Waals surface area contributed by atoms with E-state index in [1.165, 1.54) is 12.1 Å². The Hall–Kier alpha value is -2.70. The first kappa shape index (κ1) is 18.3. The molecule has 1 unspecified atom stereocenters. The highest BCUT2D eigenvalue weighted by Gasteiger charge is 2.26. The zero-order chi connectivity index (χ0) is 19.6. The van der Waals surface area contributed by atoms with Crippen LogP contribution in [0.15, 0.2) is 77.7 Å². The second-order valence-corrected chi connectivity index (χ2v) is 8.24. The van der Waals surface area contributed by atoms with Gasteiger partial charge in [0.05, 0.1) is 0 Å². The maximum Gasteiger partial charge on any atom is 0.267 e. The van der Waals surface area contributed by atoms with Crippen molar-refractivity contribution in [3.05, 3.63) is 84.2 Å². The molecule has 1 atom stereocenters. The van der Waals surface area contributed by atoms with E-state index >= 15 is 0 Å². The molecule has 2 aliphatic rings. The Balaban J connectivity index is 1.19. The van der Waals surface area contributed by atoms with Gasteiger partial charge in [-0.15, -0.1) is 0 Å². The molecule has 1 fully saturated rings. The minimum atomic E-state index is -0.384. The zero-order valence-electron chi connectivity index (χ0n) is 15.8. The van der Waals surface area contributed by atoms with E-state index in [4.69, 9.17) is 9.47 Å². The van der Waals surface area contributed by atoms with Crippen molar-refractivity contribution in [2.24, 2.45) is 0 Å². The third-order valence-electron chi connectivity index (χ3n) is 5.12. The third-order valence-corrected chi connectivity index (χ3v) is 6.21. The predicted molar refractivity (Wildman–Crippen MR) is 113 cm³/mol. The van der Waals surface area contributed by atoms with Gasteiger partial charge in [0, 0.05) is 42.3 Å². The monoisotopic (exact) mass is 408 g/mol. The molecular weight excluding hydrogens is 387 g/mol. The summed E-state index contributed by atoms with van der Waals surface area (Å²) in [6.07, 6.45) is -0.384. The van der Waals surface area contributed by atoms with Gasteiger partial charge >= 0.3 is 0 Å². The molecule has 0 spiro atoms. The first-order valence-electron chi connectivity index (χ1n) is 9.70. The zero-order valence-corrected chi connectivity index (χ0v) is 16.6. The normalized spacial score (nSPS) is 18.8. The lowest BCUT2D eigenvalue weighted by molar-refractivity contribution is 0.0487. The molecule has 2 aliphatic heterocycles. The molecule has 0 aliphatic carbocycles. The second kappa shape index (κ2) is 7.97. The minimum Gasteiger partial charge on any atom is -0.447 e. The van der Waals surface area contributed by atoms with E-state index in [0.717, 1.165) is 53.8 Å². The standard InChI is InChI=1S/C23H21FN2O2S/c24-18-6-8-19(9-7-18)25-12-14-26(15-13-25)29-20-10-11-21-22(16-20)28-23(27-21)17-4-2-1-3-5-17/h1-11,16,23H,12-15H2. The van der Waals surface area contributed by atoms with Crippen LogP contribution in [0.5, 0.6) is 11.5 Å². The molecule has 0 aromatic heterocycles. The number of fused-ring (bicyclic) bond motifs is 1. The summed E-state index contributed by atoms with van der Waals surface area (Å²) in [5.74, 6) is 1.37. The van der Waals surface area contributed by atoms with Gasteiger partial charge in [-0.3, -0.25) is 0 Å². The summed E-state index contributed by atoms with van der Waals surface area (Å²) in [7, 11) is 0. The van der Waals surface area contributed by atoms with Gasteiger partial charge in [0.15, 0.2) is 11.5 Å². The molecule has 0 saturated carbocycles. The van der Waals surface area contributed by atoms with Crippen molar-refractivity contribution in [1.29, 1.82) is 0 Å². The molecule has 0 amide bonds. The molecule has 3 aromatic rings. The number of halogens is 1. The average molecular weight is 408 g/mol. The summed E-state index contributed by atoms with van der Waals surface area (Å²) in [5, 5.41) is 0. The highest BCUT2D eigenvalue weighted by atomic mass is 32.2. The maximum atomic E-state index is 13.1. The number of nitrogens with zero attached hydrogens (tertiary/aromatic N) is 2. The van der Waals surface area contributed by atoms with Gasteiger partial charge < -0.3 is 14.4 Å². The number of rotatable bonds is 4. The number of hydrogen-bond donors (Lipinski definition) is 0. The SMILES string of the molecule is Fc1ccc(N2CCN(Sc3ccc4c(c3)OC(c3ccccc3)O4)CC2)cc1. The molecule has 0 N–H and O–H groups in total. The van der Waals surface area contributed by atoms with E-state index in [9.17, 15) is 4.39 Å². The van der Waals surface area contributed by atoms with Crippen LogP contribution in [0.1, 0.15) is 11.9 Å². The maximum absolute atomic E-state index is 13.1. The van der Waals surface area contributed by atoms with Gasteiger partial charge in [0.1, 0.15) is 5.82 Å². The molecular formula is C23H21FN2O2S.